The van der Waals surface area contributed by atoms with E-state index >= 15 is 0 Å². The lowest BCUT2D eigenvalue weighted by Gasteiger charge is -2.32. The summed E-state index contributed by atoms with van der Waals surface area (Å²) in [5.74, 6) is 0.749. The Morgan fingerprint density at radius 3 is 2.50 bits per heavy atom. The van der Waals surface area contributed by atoms with Crippen LogP contribution in [0.15, 0.2) is 24.3 Å². The maximum atomic E-state index is 12.8. The number of hydrogen-bond acceptors (Lipinski definition) is 2. The molecule has 0 aromatic heterocycles. The number of benzene rings is 1. The molecule has 1 aliphatic rings. The van der Waals surface area contributed by atoms with E-state index in [2.05, 4.69) is 5.32 Å². The Bertz CT molecular complexity index is 444. The zero-order valence-corrected chi connectivity index (χ0v) is 14.0. The lowest BCUT2D eigenvalue weighted by Crippen LogP contribution is -2.39. The Balaban J connectivity index is 0.00000242. The molecule has 0 saturated carbocycles. The Hall–Kier alpha value is -1.13. The van der Waals surface area contributed by atoms with Crippen molar-refractivity contribution in [3.63, 3.8) is 0 Å². The fourth-order valence-corrected chi connectivity index (χ4v) is 2.88. The number of carbonyl (C=O) groups is 1. The van der Waals surface area contributed by atoms with Crippen molar-refractivity contribution in [2.24, 2.45) is 5.92 Å². The van der Waals surface area contributed by atoms with Crippen molar-refractivity contribution in [3.05, 3.63) is 35.6 Å². The number of carbonyl (C=O) groups excluding carboxylic acids is 1. The molecule has 1 aromatic carbocycles. The van der Waals surface area contributed by atoms with Gasteiger partial charge in [0, 0.05) is 19.5 Å². The van der Waals surface area contributed by atoms with E-state index in [4.69, 9.17) is 0 Å². The van der Waals surface area contributed by atoms with Crippen LogP contribution < -0.4 is 5.32 Å². The average Bonchev–Trinajstić information content (AvgIpc) is 2.52. The Morgan fingerprint density at radius 1 is 1.27 bits per heavy atom. The first kappa shape index (κ1) is 18.9. The van der Waals surface area contributed by atoms with Gasteiger partial charge in [0.2, 0.25) is 5.91 Å². The molecule has 5 heteroatoms. The second kappa shape index (κ2) is 9.80. The van der Waals surface area contributed by atoms with E-state index < -0.39 is 0 Å². The highest BCUT2D eigenvalue weighted by Gasteiger charge is 2.22. The second-order valence-electron chi connectivity index (χ2n) is 5.84. The number of nitrogens with one attached hydrogen (secondary N) is 1. The zero-order chi connectivity index (χ0) is 15.1. The van der Waals surface area contributed by atoms with E-state index in [1.54, 1.807) is 12.1 Å². The number of hydrogen-bond donors (Lipinski definition) is 1. The number of halogens is 2. The first-order chi connectivity index (χ1) is 10.2. The van der Waals surface area contributed by atoms with Crippen LogP contribution in [-0.4, -0.2) is 37.5 Å². The zero-order valence-electron chi connectivity index (χ0n) is 13.2. The van der Waals surface area contributed by atoms with Gasteiger partial charge in [0.05, 0.1) is 0 Å². The van der Waals surface area contributed by atoms with Gasteiger partial charge in [-0.3, -0.25) is 4.79 Å². The van der Waals surface area contributed by atoms with E-state index in [9.17, 15) is 9.18 Å². The lowest BCUT2D eigenvalue weighted by atomic mass is 9.93. The molecule has 1 aliphatic heterocycles. The molecule has 1 heterocycles. The molecule has 0 radical (unpaired) electrons. The number of rotatable bonds is 6. The smallest absolute Gasteiger partial charge is 0.222 e. The van der Waals surface area contributed by atoms with E-state index in [1.165, 1.54) is 18.6 Å². The summed E-state index contributed by atoms with van der Waals surface area (Å²) in [4.78, 5) is 14.2. The van der Waals surface area contributed by atoms with Crippen LogP contribution in [0.5, 0.6) is 0 Å². The van der Waals surface area contributed by atoms with Crippen molar-refractivity contribution in [2.45, 2.75) is 32.1 Å². The minimum absolute atomic E-state index is 0. The SMILES string of the molecule is CNCCC1CCN(C(=O)CCc2ccc(F)cc2)CC1.Cl. The molecule has 0 bridgehead atoms. The van der Waals surface area contributed by atoms with Crippen LogP contribution in [0.2, 0.25) is 0 Å². The Kier molecular flexibility index (Phi) is 8.43. The van der Waals surface area contributed by atoms with Crippen molar-refractivity contribution in [1.29, 1.82) is 0 Å². The van der Waals surface area contributed by atoms with Crippen molar-refractivity contribution in [3.8, 4) is 0 Å². The summed E-state index contributed by atoms with van der Waals surface area (Å²) in [7, 11) is 1.98. The van der Waals surface area contributed by atoms with Crippen LogP contribution in [0.4, 0.5) is 4.39 Å². The fourth-order valence-electron chi connectivity index (χ4n) is 2.88. The molecule has 1 fully saturated rings. The van der Waals surface area contributed by atoms with Crippen molar-refractivity contribution in [1.82, 2.24) is 10.2 Å². The van der Waals surface area contributed by atoms with Gasteiger partial charge in [-0.05, 0) is 62.9 Å². The normalized spacial score (nSPS) is 15.5. The van der Waals surface area contributed by atoms with Crippen LogP contribution in [0.1, 0.15) is 31.2 Å². The summed E-state index contributed by atoms with van der Waals surface area (Å²) in [6, 6.07) is 6.42. The largest absolute Gasteiger partial charge is 0.343 e. The van der Waals surface area contributed by atoms with Gasteiger partial charge >= 0.3 is 0 Å². The molecular weight excluding hydrogens is 303 g/mol. The molecule has 3 nitrogen and oxygen atoms in total. The Labute approximate surface area is 138 Å². The van der Waals surface area contributed by atoms with E-state index in [1.807, 2.05) is 11.9 Å². The summed E-state index contributed by atoms with van der Waals surface area (Å²) in [6.45, 7) is 2.83. The van der Waals surface area contributed by atoms with Gasteiger partial charge in [-0.25, -0.2) is 4.39 Å². The molecule has 0 unspecified atom stereocenters. The minimum Gasteiger partial charge on any atom is -0.343 e. The lowest BCUT2D eigenvalue weighted by molar-refractivity contribution is -0.132. The van der Waals surface area contributed by atoms with Gasteiger partial charge in [0.15, 0.2) is 0 Å². The van der Waals surface area contributed by atoms with Crippen LogP contribution in [-0.2, 0) is 11.2 Å². The van der Waals surface area contributed by atoms with Gasteiger partial charge < -0.3 is 10.2 Å². The first-order valence-corrected chi connectivity index (χ1v) is 7.86. The molecule has 1 aromatic rings. The van der Waals surface area contributed by atoms with Crippen molar-refractivity contribution in [2.75, 3.05) is 26.7 Å². The number of piperidine rings is 1. The van der Waals surface area contributed by atoms with E-state index in [0.717, 1.165) is 44.0 Å². The third kappa shape index (κ3) is 5.93. The number of likely N-dealkylation sites (tertiary alicyclic amines) is 1. The minimum atomic E-state index is -0.228. The average molecular weight is 329 g/mol. The predicted octanol–water partition coefficient (Wildman–Crippen LogP) is 3.03. The molecule has 1 saturated heterocycles. The maximum absolute atomic E-state index is 12.8. The van der Waals surface area contributed by atoms with Gasteiger partial charge in [0.1, 0.15) is 5.82 Å². The molecule has 0 aliphatic carbocycles. The summed E-state index contributed by atoms with van der Waals surface area (Å²) in [5, 5.41) is 3.18. The summed E-state index contributed by atoms with van der Waals surface area (Å²) >= 11 is 0. The summed E-state index contributed by atoms with van der Waals surface area (Å²) in [5.41, 5.74) is 1.02. The molecule has 1 amide bonds. The predicted molar refractivity (Wildman–Crippen MR) is 89.8 cm³/mol. The van der Waals surface area contributed by atoms with Crippen LogP contribution in [0, 0.1) is 11.7 Å². The standard InChI is InChI=1S/C17H25FN2O.ClH/c1-19-11-8-15-9-12-20(13-10-15)17(21)7-4-14-2-5-16(18)6-3-14;/h2-3,5-6,15,19H,4,7-13H2,1H3;1H. The summed E-state index contributed by atoms with van der Waals surface area (Å²) in [6.07, 6.45) is 4.65. The number of aryl methyl sites for hydroxylation is 1. The molecule has 1 N–H and O–H groups in total. The fraction of sp³-hybridized carbons (Fsp3) is 0.588. The van der Waals surface area contributed by atoms with Crippen molar-refractivity contribution < 1.29 is 9.18 Å². The second-order valence-corrected chi connectivity index (χ2v) is 5.84. The number of amides is 1. The third-order valence-electron chi connectivity index (χ3n) is 4.31. The topological polar surface area (TPSA) is 32.3 Å². The van der Waals surface area contributed by atoms with E-state index in [0.29, 0.717) is 12.8 Å². The van der Waals surface area contributed by atoms with Crippen molar-refractivity contribution >= 4 is 18.3 Å². The van der Waals surface area contributed by atoms with Crippen LogP contribution in [0.3, 0.4) is 0 Å². The quantitative estimate of drug-likeness (QED) is 0.870. The van der Waals surface area contributed by atoms with Crippen LogP contribution in [0.25, 0.3) is 0 Å². The molecule has 0 spiro atoms. The molecular formula is C17H26ClFN2O. The van der Waals surface area contributed by atoms with Crippen LogP contribution >= 0.6 is 12.4 Å². The van der Waals surface area contributed by atoms with E-state index in [-0.39, 0.29) is 24.1 Å². The monoisotopic (exact) mass is 328 g/mol. The Morgan fingerprint density at radius 2 is 1.91 bits per heavy atom. The molecule has 0 atom stereocenters. The molecule has 22 heavy (non-hydrogen) atoms. The third-order valence-corrected chi connectivity index (χ3v) is 4.31. The highest BCUT2D eigenvalue weighted by molar-refractivity contribution is 5.85. The number of nitrogens with zero attached hydrogens (tertiary/aromatic N) is 1. The first-order valence-electron chi connectivity index (χ1n) is 7.86. The molecule has 2 rings (SSSR count). The highest BCUT2D eigenvalue weighted by Crippen LogP contribution is 2.20. The maximum Gasteiger partial charge on any atom is 0.222 e. The van der Waals surface area contributed by atoms with Gasteiger partial charge in [-0.1, -0.05) is 12.1 Å². The van der Waals surface area contributed by atoms with Gasteiger partial charge in [0.25, 0.3) is 0 Å². The van der Waals surface area contributed by atoms with Gasteiger partial charge in [-0.2, -0.15) is 0 Å². The molecule has 124 valence electrons. The van der Waals surface area contributed by atoms with Gasteiger partial charge in [-0.15, -0.1) is 12.4 Å². The highest BCUT2D eigenvalue weighted by atomic mass is 35.5. The summed E-state index contributed by atoms with van der Waals surface area (Å²) < 4.78 is 12.8.